The van der Waals surface area contributed by atoms with Crippen LogP contribution in [0.5, 0.6) is 0 Å². The number of rotatable bonds is 3. The van der Waals surface area contributed by atoms with Gasteiger partial charge in [0.2, 0.25) is 0 Å². The van der Waals surface area contributed by atoms with E-state index >= 15 is 0 Å². The molecule has 0 unspecified atom stereocenters. The maximum atomic E-state index is 5.53. The highest BCUT2D eigenvalue weighted by atomic mass is 32.2. The van der Waals surface area contributed by atoms with Crippen molar-refractivity contribution in [2.24, 2.45) is 0 Å². The molecule has 0 aliphatic heterocycles. The minimum atomic E-state index is 0.602. The molecule has 2 heterocycles. The van der Waals surface area contributed by atoms with E-state index in [1.807, 2.05) is 19.2 Å². The molecule has 2 aromatic rings. The molecule has 0 amide bonds. The van der Waals surface area contributed by atoms with Gasteiger partial charge in [0.05, 0.1) is 11.4 Å². The molecule has 0 aromatic carbocycles. The van der Waals surface area contributed by atoms with Gasteiger partial charge in [-0.1, -0.05) is 11.8 Å². The summed E-state index contributed by atoms with van der Waals surface area (Å²) < 4.78 is 5.44. The van der Waals surface area contributed by atoms with Crippen molar-refractivity contribution in [1.29, 1.82) is 0 Å². The van der Waals surface area contributed by atoms with Crippen LogP contribution in [0.15, 0.2) is 15.0 Å². The van der Waals surface area contributed by atoms with Crippen LogP contribution >= 0.6 is 23.1 Å². The van der Waals surface area contributed by atoms with Crippen molar-refractivity contribution >= 4 is 28.2 Å². The lowest BCUT2D eigenvalue weighted by molar-refractivity contribution is 0.431. The number of aromatic nitrogens is 2. The first kappa shape index (κ1) is 10.5. The predicted octanol–water partition coefficient (Wildman–Crippen LogP) is 2.62. The second-order valence-corrected chi connectivity index (χ2v) is 4.90. The van der Waals surface area contributed by atoms with Gasteiger partial charge in [-0.15, -0.1) is 11.3 Å². The van der Waals surface area contributed by atoms with Crippen molar-refractivity contribution in [2.45, 2.75) is 24.8 Å². The topological polar surface area (TPSA) is 64.9 Å². The number of oxazole rings is 1. The predicted molar refractivity (Wildman–Crippen MR) is 62.1 cm³/mol. The summed E-state index contributed by atoms with van der Waals surface area (Å²) in [7, 11) is 0. The van der Waals surface area contributed by atoms with E-state index in [9.17, 15) is 0 Å². The summed E-state index contributed by atoms with van der Waals surface area (Å²) in [5.41, 5.74) is 7.44. The van der Waals surface area contributed by atoms with Gasteiger partial charge in [0, 0.05) is 11.1 Å². The van der Waals surface area contributed by atoms with Crippen molar-refractivity contribution in [3.63, 3.8) is 0 Å². The van der Waals surface area contributed by atoms with Crippen LogP contribution in [0.2, 0.25) is 0 Å². The molecule has 80 valence electrons. The van der Waals surface area contributed by atoms with Gasteiger partial charge in [0.1, 0.15) is 5.76 Å². The third-order valence-corrected chi connectivity index (χ3v) is 3.51. The quantitative estimate of drug-likeness (QED) is 0.837. The molecule has 4 nitrogen and oxygen atoms in total. The second kappa shape index (κ2) is 4.24. The Kier molecular flexibility index (Phi) is 2.97. The van der Waals surface area contributed by atoms with E-state index in [1.165, 1.54) is 23.1 Å². The Labute approximate surface area is 95.9 Å². The van der Waals surface area contributed by atoms with Gasteiger partial charge in [-0.25, -0.2) is 9.97 Å². The molecule has 2 N–H and O–H groups in total. The number of nitrogens with two attached hydrogens (primary N) is 1. The normalized spacial score (nSPS) is 10.8. The van der Waals surface area contributed by atoms with Gasteiger partial charge in [-0.2, -0.15) is 0 Å². The molecular formula is C9H11N3OS2. The maximum absolute atomic E-state index is 5.53. The molecule has 15 heavy (non-hydrogen) atoms. The lowest BCUT2D eigenvalue weighted by Gasteiger charge is -1.91. The van der Waals surface area contributed by atoms with Crippen LogP contribution in [-0.4, -0.2) is 9.97 Å². The van der Waals surface area contributed by atoms with Gasteiger partial charge in [0.15, 0.2) is 5.13 Å². The minimum Gasteiger partial charge on any atom is -0.437 e. The molecule has 0 fully saturated rings. The van der Waals surface area contributed by atoms with Crippen LogP contribution in [0.4, 0.5) is 5.13 Å². The monoisotopic (exact) mass is 241 g/mol. The lowest BCUT2D eigenvalue weighted by atomic mass is 10.4. The highest BCUT2D eigenvalue weighted by Gasteiger charge is 2.07. The molecule has 0 aliphatic carbocycles. The molecule has 0 radical (unpaired) electrons. The van der Waals surface area contributed by atoms with E-state index in [0.29, 0.717) is 10.4 Å². The Bertz CT molecular complexity index is 444. The molecule has 0 atom stereocenters. The van der Waals surface area contributed by atoms with Gasteiger partial charge < -0.3 is 10.2 Å². The Morgan fingerprint density at radius 1 is 1.47 bits per heavy atom. The zero-order valence-corrected chi connectivity index (χ0v) is 10.1. The fraction of sp³-hybridized carbons (Fsp3) is 0.333. The van der Waals surface area contributed by atoms with Gasteiger partial charge in [-0.05, 0) is 13.8 Å². The average molecular weight is 241 g/mol. The van der Waals surface area contributed by atoms with Crippen LogP contribution < -0.4 is 5.73 Å². The fourth-order valence-electron chi connectivity index (χ4n) is 1.03. The van der Waals surface area contributed by atoms with Gasteiger partial charge in [0.25, 0.3) is 5.22 Å². The maximum Gasteiger partial charge on any atom is 0.256 e. The van der Waals surface area contributed by atoms with Crippen molar-refractivity contribution in [2.75, 3.05) is 5.73 Å². The Morgan fingerprint density at radius 3 is 2.80 bits per heavy atom. The standard InChI is InChI=1S/C9H11N3OS2/c1-5-6(2)13-9(11-5)15-4-7-3-14-8(10)12-7/h3H,4H2,1-2H3,(H2,10,12). The Hall–Kier alpha value is -1.01. The summed E-state index contributed by atoms with van der Waals surface area (Å²) in [5.74, 6) is 1.61. The molecular weight excluding hydrogens is 230 g/mol. The Balaban J connectivity index is 1.99. The first-order valence-electron chi connectivity index (χ1n) is 4.42. The van der Waals surface area contributed by atoms with Crippen molar-refractivity contribution in [3.8, 4) is 0 Å². The van der Waals surface area contributed by atoms with E-state index in [0.717, 1.165) is 22.9 Å². The van der Waals surface area contributed by atoms with Crippen molar-refractivity contribution < 1.29 is 4.42 Å². The summed E-state index contributed by atoms with van der Waals surface area (Å²) in [5, 5.41) is 3.24. The van der Waals surface area contributed by atoms with E-state index in [1.54, 1.807) is 0 Å². The molecule has 0 spiro atoms. The third kappa shape index (κ3) is 2.51. The van der Waals surface area contributed by atoms with Crippen molar-refractivity contribution in [3.05, 3.63) is 22.5 Å². The SMILES string of the molecule is Cc1nc(SCc2csc(N)n2)oc1C. The van der Waals surface area contributed by atoms with E-state index in [4.69, 9.17) is 10.2 Å². The molecule has 2 aromatic heterocycles. The van der Waals surface area contributed by atoms with Crippen LogP contribution in [0.25, 0.3) is 0 Å². The molecule has 0 saturated heterocycles. The van der Waals surface area contributed by atoms with Crippen molar-refractivity contribution in [1.82, 2.24) is 9.97 Å². The van der Waals surface area contributed by atoms with Crippen LogP contribution in [0.1, 0.15) is 17.1 Å². The van der Waals surface area contributed by atoms with Crippen LogP contribution in [0, 0.1) is 13.8 Å². The summed E-state index contributed by atoms with van der Waals surface area (Å²) in [6.07, 6.45) is 0. The number of thioether (sulfide) groups is 1. The summed E-state index contributed by atoms with van der Waals surface area (Å²) in [4.78, 5) is 8.43. The average Bonchev–Trinajstić information content (AvgIpc) is 2.72. The summed E-state index contributed by atoms with van der Waals surface area (Å²) in [6.45, 7) is 3.84. The molecule has 2 rings (SSSR count). The number of thiazole rings is 1. The molecule has 0 saturated carbocycles. The highest BCUT2D eigenvalue weighted by molar-refractivity contribution is 7.98. The largest absolute Gasteiger partial charge is 0.437 e. The second-order valence-electron chi connectivity index (χ2n) is 3.09. The number of hydrogen-bond donors (Lipinski definition) is 1. The molecule has 0 bridgehead atoms. The number of anilines is 1. The highest BCUT2D eigenvalue weighted by Crippen LogP contribution is 2.24. The van der Waals surface area contributed by atoms with E-state index in [2.05, 4.69) is 9.97 Å². The lowest BCUT2D eigenvalue weighted by Crippen LogP contribution is -1.84. The Morgan fingerprint density at radius 2 is 2.27 bits per heavy atom. The van der Waals surface area contributed by atoms with Gasteiger partial charge >= 0.3 is 0 Å². The van der Waals surface area contributed by atoms with E-state index < -0.39 is 0 Å². The number of nitrogens with zero attached hydrogens (tertiary/aromatic N) is 2. The third-order valence-electron chi connectivity index (χ3n) is 1.92. The smallest absolute Gasteiger partial charge is 0.256 e. The molecule has 6 heteroatoms. The zero-order valence-electron chi connectivity index (χ0n) is 8.48. The molecule has 0 aliphatic rings. The minimum absolute atomic E-state index is 0.602. The van der Waals surface area contributed by atoms with Crippen LogP contribution in [0.3, 0.4) is 0 Å². The number of nitrogen functional groups attached to an aromatic ring is 1. The van der Waals surface area contributed by atoms with Gasteiger partial charge in [-0.3, -0.25) is 0 Å². The first-order chi connectivity index (χ1) is 7.15. The van der Waals surface area contributed by atoms with E-state index in [-0.39, 0.29) is 0 Å². The number of aryl methyl sites for hydroxylation is 2. The zero-order chi connectivity index (χ0) is 10.8. The first-order valence-corrected chi connectivity index (χ1v) is 6.28. The summed E-state index contributed by atoms with van der Waals surface area (Å²) in [6, 6.07) is 0. The van der Waals surface area contributed by atoms with Crippen LogP contribution in [-0.2, 0) is 5.75 Å². The number of hydrogen-bond acceptors (Lipinski definition) is 6. The fourth-order valence-corrected chi connectivity index (χ4v) is 2.50. The summed E-state index contributed by atoms with van der Waals surface area (Å²) >= 11 is 2.98.